The molecule has 1 aromatic carbocycles. The van der Waals surface area contributed by atoms with Crippen molar-refractivity contribution in [3.8, 4) is 0 Å². The SMILES string of the molecule is C[C@@H]1O[C@H]1C(=O)NCc1ccccc1. The van der Waals surface area contributed by atoms with E-state index in [1.807, 2.05) is 37.3 Å². The minimum Gasteiger partial charge on any atom is -0.359 e. The molecule has 1 N–H and O–H groups in total. The fraction of sp³-hybridized carbons (Fsp3) is 0.364. The van der Waals surface area contributed by atoms with Gasteiger partial charge in [0.1, 0.15) is 0 Å². The Hall–Kier alpha value is -1.35. The number of amides is 1. The summed E-state index contributed by atoms with van der Waals surface area (Å²) < 4.78 is 5.05. The molecule has 3 heteroatoms. The number of rotatable bonds is 3. The highest BCUT2D eigenvalue weighted by molar-refractivity contribution is 5.83. The third-order valence-corrected chi connectivity index (χ3v) is 2.28. The van der Waals surface area contributed by atoms with Gasteiger partial charge in [-0.2, -0.15) is 0 Å². The van der Waals surface area contributed by atoms with Crippen molar-refractivity contribution in [2.45, 2.75) is 25.7 Å². The molecule has 2 atom stereocenters. The molecular weight excluding hydrogens is 178 g/mol. The highest BCUT2D eigenvalue weighted by Crippen LogP contribution is 2.20. The summed E-state index contributed by atoms with van der Waals surface area (Å²) in [6.45, 7) is 2.47. The monoisotopic (exact) mass is 191 g/mol. The first-order valence-electron chi connectivity index (χ1n) is 4.74. The highest BCUT2D eigenvalue weighted by atomic mass is 16.6. The van der Waals surface area contributed by atoms with Gasteiger partial charge in [-0.15, -0.1) is 0 Å². The summed E-state index contributed by atoms with van der Waals surface area (Å²) >= 11 is 0. The van der Waals surface area contributed by atoms with Gasteiger partial charge in [0.15, 0.2) is 6.10 Å². The van der Waals surface area contributed by atoms with Crippen LogP contribution < -0.4 is 5.32 Å². The Morgan fingerprint density at radius 3 is 2.64 bits per heavy atom. The van der Waals surface area contributed by atoms with Crippen molar-refractivity contribution < 1.29 is 9.53 Å². The predicted molar refractivity (Wildman–Crippen MR) is 52.6 cm³/mol. The Kier molecular flexibility index (Phi) is 2.50. The molecule has 1 fully saturated rings. The van der Waals surface area contributed by atoms with E-state index in [9.17, 15) is 4.79 Å². The number of nitrogens with one attached hydrogen (secondary N) is 1. The third-order valence-electron chi connectivity index (χ3n) is 2.28. The molecule has 74 valence electrons. The lowest BCUT2D eigenvalue weighted by molar-refractivity contribution is -0.122. The summed E-state index contributed by atoms with van der Waals surface area (Å²) in [4.78, 5) is 11.4. The lowest BCUT2D eigenvalue weighted by atomic mass is 10.2. The smallest absolute Gasteiger partial charge is 0.252 e. The van der Waals surface area contributed by atoms with Crippen LogP contribution in [-0.2, 0) is 16.1 Å². The Balaban J connectivity index is 1.80. The maximum atomic E-state index is 11.4. The second-order valence-corrected chi connectivity index (χ2v) is 3.47. The van der Waals surface area contributed by atoms with E-state index in [0.29, 0.717) is 6.54 Å². The molecule has 1 saturated heterocycles. The molecule has 0 saturated carbocycles. The van der Waals surface area contributed by atoms with E-state index < -0.39 is 0 Å². The van der Waals surface area contributed by atoms with Crippen LogP contribution in [0.2, 0.25) is 0 Å². The van der Waals surface area contributed by atoms with Gasteiger partial charge < -0.3 is 10.1 Å². The zero-order chi connectivity index (χ0) is 9.97. The van der Waals surface area contributed by atoms with Crippen molar-refractivity contribution in [2.24, 2.45) is 0 Å². The molecule has 0 bridgehead atoms. The van der Waals surface area contributed by atoms with Gasteiger partial charge >= 0.3 is 0 Å². The normalized spacial score (nSPS) is 24.4. The molecule has 0 spiro atoms. The third kappa shape index (κ3) is 2.12. The van der Waals surface area contributed by atoms with Gasteiger partial charge in [0.2, 0.25) is 0 Å². The van der Waals surface area contributed by atoms with E-state index in [-0.39, 0.29) is 18.1 Å². The second kappa shape index (κ2) is 3.80. The lowest BCUT2D eigenvalue weighted by Gasteiger charge is -2.02. The van der Waals surface area contributed by atoms with Crippen LogP contribution in [0, 0.1) is 0 Å². The van der Waals surface area contributed by atoms with E-state index >= 15 is 0 Å². The first kappa shape index (κ1) is 9.21. The van der Waals surface area contributed by atoms with Gasteiger partial charge in [-0.3, -0.25) is 4.79 Å². The molecule has 1 aliphatic heterocycles. The highest BCUT2D eigenvalue weighted by Gasteiger charge is 2.40. The van der Waals surface area contributed by atoms with E-state index in [1.165, 1.54) is 0 Å². The number of carbonyl (C=O) groups is 1. The van der Waals surface area contributed by atoms with Gasteiger partial charge in [-0.05, 0) is 12.5 Å². The first-order valence-corrected chi connectivity index (χ1v) is 4.74. The topological polar surface area (TPSA) is 41.6 Å². The molecular formula is C11H13NO2. The average Bonchev–Trinajstić information content (AvgIpc) is 2.94. The largest absolute Gasteiger partial charge is 0.359 e. The number of ether oxygens (including phenoxy) is 1. The van der Waals surface area contributed by atoms with E-state index in [1.54, 1.807) is 0 Å². The summed E-state index contributed by atoms with van der Waals surface area (Å²) in [5, 5.41) is 2.83. The fourth-order valence-corrected chi connectivity index (χ4v) is 1.35. The molecule has 0 unspecified atom stereocenters. The summed E-state index contributed by atoms with van der Waals surface area (Å²) in [5.41, 5.74) is 1.11. The van der Waals surface area contributed by atoms with Crippen molar-refractivity contribution >= 4 is 5.91 Å². The molecule has 0 aliphatic carbocycles. The molecule has 1 aliphatic rings. The van der Waals surface area contributed by atoms with Crippen LogP contribution in [0.15, 0.2) is 30.3 Å². The van der Waals surface area contributed by atoms with Crippen LogP contribution in [0.4, 0.5) is 0 Å². The van der Waals surface area contributed by atoms with E-state index in [0.717, 1.165) is 5.56 Å². The standard InChI is InChI=1S/C11H13NO2/c1-8-10(14-8)11(13)12-7-9-5-3-2-4-6-9/h2-6,8,10H,7H2,1H3,(H,12,13)/t8-,10+/m0/s1. The minimum atomic E-state index is -0.223. The van der Waals surface area contributed by atoms with Gasteiger partial charge in [0.05, 0.1) is 6.10 Å². The fourth-order valence-electron chi connectivity index (χ4n) is 1.35. The molecule has 1 amide bonds. The maximum Gasteiger partial charge on any atom is 0.252 e. The molecule has 0 radical (unpaired) electrons. The zero-order valence-electron chi connectivity index (χ0n) is 8.07. The number of hydrogen-bond donors (Lipinski definition) is 1. The first-order chi connectivity index (χ1) is 6.77. The van der Waals surface area contributed by atoms with Crippen LogP contribution in [0.1, 0.15) is 12.5 Å². The molecule has 14 heavy (non-hydrogen) atoms. The average molecular weight is 191 g/mol. The second-order valence-electron chi connectivity index (χ2n) is 3.47. The Morgan fingerprint density at radius 2 is 2.07 bits per heavy atom. The molecule has 1 heterocycles. The molecule has 3 nitrogen and oxygen atoms in total. The van der Waals surface area contributed by atoms with Crippen molar-refractivity contribution in [3.05, 3.63) is 35.9 Å². The lowest BCUT2D eigenvalue weighted by Crippen LogP contribution is -2.28. The maximum absolute atomic E-state index is 11.4. The van der Waals surface area contributed by atoms with Gasteiger partial charge in [-0.25, -0.2) is 0 Å². The van der Waals surface area contributed by atoms with Gasteiger partial charge in [-0.1, -0.05) is 30.3 Å². The van der Waals surface area contributed by atoms with Crippen LogP contribution >= 0.6 is 0 Å². The van der Waals surface area contributed by atoms with Crippen LogP contribution in [0.5, 0.6) is 0 Å². The van der Waals surface area contributed by atoms with Crippen molar-refractivity contribution in [3.63, 3.8) is 0 Å². The quantitative estimate of drug-likeness (QED) is 0.727. The van der Waals surface area contributed by atoms with Crippen molar-refractivity contribution in [1.82, 2.24) is 5.32 Å². The summed E-state index contributed by atoms with van der Waals surface area (Å²) in [5.74, 6) is -0.0126. The summed E-state index contributed by atoms with van der Waals surface area (Å²) in [6, 6.07) is 9.84. The van der Waals surface area contributed by atoms with Crippen LogP contribution in [-0.4, -0.2) is 18.1 Å². The van der Waals surface area contributed by atoms with Crippen molar-refractivity contribution in [1.29, 1.82) is 0 Å². The van der Waals surface area contributed by atoms with E-state index in [4.69, 9.17) is 4.74 Å². The number of benzene rings is 1. The summed E-state index contributed by atoms with van der Waals surface area (Å²) in [7, 11) is 0. The van der Waals surface area contributed by atoms with Crippen LogP contribution in [0.3, 0.4) is 0 Å². The number of epoxide rings is 1. The molecule has 1 aromatic rings. The molecule has 0 aromatic heterocycles. The predicted octanol–water partition coefficient (Wildman–Crippen LogP) is 1.09. The Labute approximate surface area is 83.1 Å². The Morgan fingerprint density at radius 1 is 1.43 bits per heavy atom. The Bertz CT molecular complexity index is 323. The van der Waals surface area contributed by atoms with Gasteiger partial charge in [0.25, 0.3) is 5.91 Å². The van der Waals surface area contributed by atoms with Crippen LogP contribution in [0.25, 0.3) is 0 Å². The molecule has 2 rings (SSSR count). The van der Waals surface area contributed by atoms with E-state index in [2.05, 4.69) is 5.32 Å². The number of carbonyl (C=O) groups excluding carboxylic acids is 1. The summed E-state index contributed by atoms with van der Waals surface area (Å²) in [6.07, 6.45) is -0.135. The zero-order valence-corrected chi connectivity index (χ0v) is 8.07. The van der Waals surface area contributed by atoms with Crippen molar-refractivity contribution in [2.75, 3.05) is 0 Å². The minimum absolute atomic E-state index is 0.0126. The number of hydrogen-bond acceptors (Lipinski definition) is 2. The van der Waals surface area contributed by atoms with Gasteiger partial charge in [0, 0.05) is 6.54 Å².